The van der Waals surface area contributed by atoms with Crippen molar-refractivity contribution in [2.75, 3.05) is 46.6 Å². The Bertz CT molecular complexity index is 1550. The molecule has 238 valence electrons. The zero-order chi connectivity index (χ0) is 32.4. The first-order valence-corrected chi connectivity index (χ1v) is 14.5. The van der Waals surface area contributed by atoms with Crippen LogP contribution in [0.2, 0.25) is 0 Å². The maximum Gasteiger partial charge on any atom is 0.410 e. The number of anilines is 1. The Hall–Kier alpha value is -4.52. The Morgan fingerprint density at radius 1 is 1.23 bits per heavy atom. The number of nitrogens with zero attached hydrogens (tertiary/aromatic N) is 4. The van der Waals surface area contributed by atoms with Gasteiger partial charge in [-0.1, -0.05) is 19.9 Å². The van der Waals surface area contributed by atoms with Gasteiger partial charge in [0.25, 0.3) is 11.5 Å². The number of allylic oxidation sites excluding steroid dienone is 1. The number of amides is 3. The number of hydrogen-bond acceptors (Lipinski definition) is 7. The number of carbonyl (C=O) groups excluding carboxylic acids is 3. The fraction of sp³-hybridized carbons (Fsp3) is 0.452. The first kappa shape index (κ1) is 34.0. The summed E-state index contributed by atoms with van der Waals surface area (Å²) in [6.45, 7) is 5.03. The highest BCUT2D eigenvalue weighted by Gasteiger charge is 2.25. The van der Waals surface area contributed by atoms with Gasteiger partial charge in [0, 0.05) is 51.7 Å². The number of ether oxygens (including phenoxy) is 1. The molecule has 13 heteroatoms. The number of fused-ring (bicyclic) bond motifs is 1. The first-order valence-electron chi connectivity index (χ1n) is 14.5. The van der Waals surface area contributed by atoms with Crippen LogP contribution in [0.3, 0.4) is 0 Å². The maximum atomic E-state index is 14.5. The molecule has 0 bridgehead atoms. The lowest BCUT2D eigenvalue weighted by molar-refractivity contribution is -0.125. The minimum Gasteiger partial charge on any atom is -0.436 e. The zero-order valence-electron chi connectivity index (χ0n) is 26.1. The molecule has 0 saturated carbocycles. The summed E-state index contributed by atoms with van der Waals surface area (Å²) in [5.41, 5.74) is 1.90. The van der Waals surface area contributed by atoms with Crippen molar-refractivity contribution in [3.05, 3.63) is 70.2 Å². The highest BCUT2D eigenvalue weighted by molar-refractivity contribution is 5.95. The van der Waals surface area contributed by atoms with Crippen LogP contribution in [0.15, 0.2) is 47.5 Å². The van der Waals surface area contributed by atoms with E-state index in [1.165, 1.54) is 32.7 Å². The molecule has 0 aromatic carbocycles. The van der Waals surface area contributed by atoms with Crippen LogP contribution >= 0.6 is 0 Å². The van der Waals surface area contributed by atoms with Gasteiger partial charge in [-0.3, -0.25) is 19.4 Å². The van der Waals surface area contributed by atoms with Crippen molar-refractivity contribution in [2.45, 2.75) is 45.8 Å². The molecule has 0 aliphatic carbocycles. The molecule has 3 N–H and O–H groups in total. The second kappa shape index (κ2) is 15.8. The standard InChI is InChI=1S/C31H42FN7O5/c1-20(2)16-22-23(32)18-34-25-17-21(35-28(22)25)19-39-14-9-10-24(30(39)42)36-29(41)26(11-7-8-12-27(40)37(4)5)44-31(43)38(6)15-13-33-3/h8-10,12,14,17-18,20,26,33,35H,7,11,13,15-16,19H2,1-6H3,(H,36,41)/b12-8+. The third-order valence-corrected chi connectivity index (χ3v) is 6.83. The second-order valence-electron chi connectivity index (χ2n) is 11.2. The SMILES string of the molecule is CNCCN(C)C(=O)OC(CC/C=C/C(=O)N(C)C)C(=O)Nc1cccn(Cc2cc3ncc(F)c(CC(C)C)c3[nH]2)c1=O. The zero-order valence-corrected chi connectivity index (χ0v) is 26.1. The Morgan fingerprint density at radius 2 is 1.98 bits per heavy atom. The van der Waals surface area contributed by atoms with E-state index in [4.69, 9.17) is 4.74 Å². The molecule has 3 rings (SSSR count). The van der Waals surface area contributed by atoms with Crippen molar-refractivity contribution in [1.29, 1.82) is 0 Å². The van der Waals surface area contributed by atoms with Gasteiger partial charge >= 0.3 is 6.09 Å². The number of pyridine rings is 2. The van der Waals surface area contributed by atoms with Crippen molar-refractivity contribution in [1.82, 2.24) is 29.7 Å². The molecule has 0 aliphatic rings. The summed E-state index contributed by atoms with van der Waals surface area (Å²) in [4.78, 5) is 61.3. The van der Waals surface area contributed by atoms with Crippen LogP contribution in [-0.2, 0) is 27.3 Å². The van der Waals surface area contributed by atoms with Crippen LogP contribution in [0.1, 0.15) is 37.9 Å². The number of H-pyrrole nitrogens is 1. The van der Waals surface area contributed by atoms with Gasteiger partial charge in [0.2, 0.25) is 5.91 Å². The summed E-state index contributed by atoms with van der Waals surface area (Å²) in [7, 11) is 6.55. The van der Waals surface area contributed by atoms with Crippen LogP contribution in [-0.4, -0.2) is 89.6 Å². The lowest BCUT2D eigenvalue weighted by Crippen LogP contribution is -2.40. The molecule has 3 heterocycles. The van der Waals surface area contributed by atoms with Gasteiger partial charge in [0.15, 0.2) is 6.10 Å². The fourth-order valence-electron chi connectivity index (χ4n) is 4.41. The Labute approximate surface area is 256 Å². The molecule has 0 aliphatic heterocycles. The lowest BCUT2D eigenvalue weighted by atomic mass is 10.0. The molecular weight excluding hydrogens is 569 g/mol. The average Bonchev–Trinajstić information content (AvgIpc) is 3.39. The molecule has 1 atom stereocenters. The first-order chi connectivity index (χ1) is 20.9. The van der Waals surface area contributed by atoms with Gasteiger partial charge in [0.05, 0.1) is 23.8 Å². The van der Waals surface area contributed by atoms with E-state index in [1.807, 2.05) is 13.8 Å². The van der Waals surface area contributed by atoms with E-state index in [0.29, 0.717) is 41.8 Å². The Balaban J connectivity index is 1.79. The van der Waals surface area contributed by atoms with Crippen molar-refractivity contribution in [2.24, 2.45) is 5.92 Å². The van der Waals surface area contributed by atoms with Crippen LogP contribution < -0.4 is 16.2 Å². The topological polar surface area (TPSA) is 142 Å². The number of carbonyl (C=O) groups is 3. The van der Waals surface area contributed by atoms with E-state index in [2.05, 4.69) is 20.6 Å². The second-order valence-corrected chi connectivity index (χ2v) is 11.2. The van der Waals surface area contributed by atoms with Gasteiger partial charge in [-0.05, 0) is 56.5 Å². The highest BCUT2D eigenvalue weighted by atomic mass is 19.1. The number of hydrogen-bond donors (Lipinski definition) is 3. The molecule has 1 unspecified atom stereocenters. The summed E-state index contributed by atoms with van der Waals surface area (Å²) in [5, 5.41) is 5.54. The Morgan fingerprint density at radius 3 is 2.66 bits per heavy atom. The summed E-state index contributed by atoms with van der Waals surface area (Å²) in [5.74, 6) is -1.04. The van der Waals surface area contributed by atoms with Crippen LogP contribution in [0.5, 0.6) is 0 Å². The van der Waals surface area contributed by atoms with E-state index in [1.54, 1.807) is 52.6 Å². The van der Waals surface area contributed by atoms with Gasteiger partial charge < -0.3 is 34.7 Å². The molecule has 0 radical (unpaired) electrons. The molecular formula is C31H42FN7O5. The largest absolute Gasteiger partial charge is 0.436 e. The van der Waals surface area contributed by atoms with E-state index in [0.717, 1.165) is 0 Å². The monoisotopic (exact) mass is 611 g/mol. The number of likely N-dealkylation sites (N-methyl/N-ethyl adjacent to an activating group) is 3. The molecule has 12 nitrogen and oxygen atoms in total. The maximum absolute atomic E-state index is 14.5. The number of nitrogens with one attached hydrogen (secondary N) is 3. The van der Waals surface area contributed by atoms with Gasteiger partial charge in [-0.2, -0.15) is 0 Å². The minimum atomic E-state index is -1.22. The third kappa shape index (κ3) is 9.24. The summed E-state index contributed by atoms with van der Waals surface area (Å²) >= 11 is 0. The highest BCUT2D eigenvalue weighted by Crippen LogP contribution is 2.23. The van der Waals surface area contributed by atoms with E-state index in [9.17, 15) is 23.6 Å². The normalized spacial score (nSPS) is 12.1. The minimum absolute atomic E-state index is 0.00110. The summed E-state index contributed by atoms with van der Waals surface area (Å²) in [6.07, 6.45) is 4.75. The van der Waals surface area contributed by atoms with Crippen LogP contribution in [0, 0.1) is 11.7 Å². The quantitative estimate of drug-likeness (QED) is 0.238. The fourth-order valence-corrected chi connectivity index (χ4v) is 4.41. The van der Waals surface area contributed by atoms with Crippen molar-refractivity contribution >= 4 is 34.6 Å². The van der Waals surface area contributed by atoms with Crippen LogP contribution in [0.4, 0.5) is 14.9 Å². The molecule has 44 heavy (non-hydrogen) atoms. The summed E-state index contributed by atoms with van der Waals surface area (Å²) in [6, 6.07) is 4.85. The molecule has 3 aromatic heterocycles. The van der Waals surface area contributed by atoms with E-state index >= 15 is 0 Å². The van der Waals surface area contributed by atoms with Gasteiger partial charge in [-0.25, -0.2) is 9.18 Å². The smallest absolute Gasteiger partial charge is 0.410 e. The molecule has 0 fully saturated rings. The molecule has 0 saturated heterocycles. The Kier molecular flexibility index (Phi) is 12.2. The molecule has 3 aromatic rings. The van der Waals surface area contributed by atoms with Gasteiger partial charge in [-0.15, -0.1) is 0 Å². The average molecular weight is 612 g/mol. The predicted octanol–water partition coefficient (Wildman–Crippen LogP) is 3.13. The van der Waals surface area contributed by atoms with Crippen molar-refractivity contribution < 1.29 is 23.5 Å². The third-order valence-electron chi connectivity index (χ3n) is 6.83. The van der Waals surface area contributed by atoms with E-state index in [-0.39, 0.29) is 42.7 Å². The van der Waals surface area contributed by atoms with Crippen molar-refractivity contribution in [3.8, 4) is 0 Å². The number of aromatic amines is 1. The lowest BCUT2D eigenvalue weighted by Gasteiger charge is -2.22. The number of halogens is 1. The van der Waals surface area contributed by atoms with Gasteiger partial charge in [0.1, 0.15) is 11.5 Å². The van der Waals surface area contributed by atoms with Crippen LogP contribution in [0.25, 0.3) is 11.0 Å². The number of rotatable bonds is 14. The molecule has 3 amide bonds. The van der Waals surface area contributed by atoms with E-state index < -0.39 is 23.7 Å². The number of aromatic nitrogens is 3. The van der Waals surface area contributed by atoms with Crippen molar-refractivity contribution in [3.63, 3.8) is 0 Å². The predicted molar refractivity (Wildman–Crippen MR) is 167 cm³/mol. The summed E-state index contributed by atoms with van der Waals surface area (Å²) < 4.78 is 21.4. The molecule has 0 spiro atoms.